The van der Waals surface area contributed by atoms with E-state index in [9.17, 15) is 0 Å². The van der Waals surface area contributed by atoms with E-state index in [4.69, 9.17) is 11.5 Å². The standard InChI is InChI=1S/C42H34N4/c43-40-16-15-35(29-7-3-1-4-8-29)28-39(40)41(34-9-5-2-6-10-34)42(44)38-26-36(25-37(27-38)33-19-23-46-24-20-33)31-13-11-30(12-14-31)32-17-21-45-22-18-32/h1-28,41-42H,43-44H2/t41?,42-/m0/s1. The van der Waals surface area contributed by atoms with Crippen molar-refractivity contribution in [3.05, 3.63) is 187 Å². The summed E-state index contributed by atoms with van der Waals surface area (Å²) in [5, 5.41) is 0. The molecule has 4 N–H and O–H groups in total. The smallest absolute Gasteiger partial charge is 0.0406 e. The van der Waals surface area contributed by atoms with Crippen LogP contribution in [0.25, 0.3) is 44.5 Å². The molecule has 0 bridgehead atoms. The van der Waals surface area contributed by atoms with Gasteiger partial charge in [0.05, 0.1) is 0 Å². The molecule has 0 aliphatic carbocycles. The number of anilines is 1. The second-order valence-electron chi connectivity index (χ2n) is 11.5. The van der Waals surface area contributed by atoms with Crippen LogP contribution in [-0.2, 0) is 0 Å². The molecule has 5 aromatic carbocycles. The predicted octanol–water partition coefficient (Wildman–Crippen LogP) is 9.56. The number of hydrogen-bond donors (Lipinski definition) is 2. The maximum atomic E-state index is 7.38. The Morgan fingerprint density at radius 3 is 1.43 bits per heavy atom. The fourth-order valence-corrected chi connectivity index (χ4v) is 6.21. The fourth-order valence-electron chi connectivity index (χ4n) is 6.21. The van der Waals surface area contributed by atoms with E-state index in [0.717, 1.165) is 66.9 Å². The lowest BCUT2D eigenvalue weighted by atomic mass is 9.79. The average Bonchev–Trinajstić information content (AvgIpc) is 3.14. The Kier molecular flexibility index (Phi) is 8.19. The molecule has 46 heavy (non-hydrogen) atoms. The van der Waals surface area contributed by atoms with Gasteiger partial charge in [-0.25, -0.2) is 0 Å². The third-order valence-corrected chi connectivity index (χ3v) is 8.63. The van der Waals surface area contributed by atoms with E-state index in [1.807, 2.05) is 67.3 Å². The number of nitrogens with two attached hydrogens (primary N) is 2. The highest BCUT2D eigenvalue weighted by Crippen LogP contribution is 2.42. The molecule has 0 aliphatic heterocycles. The minimum Gasteiger partial charge on any atom is -0.398 e. The van der Waals surface area contributed by atoms with E-state index in [1.54, 1.807) is 0 Å². The highest BCUT2D eigenvalue weighted by atomic mass is 14.7. The third kappa shape index (κ3) is 6.07. The molecule has 0 spiro atoms. The Morgan fingerprint density at radius 1 is 0.391 bits per heavy atom. The number of hydrogen-bond acceptors (Lipinski definition) is 4. The van der Waals surface area contributed by atoms with Crippen molar-refractivity contribution >= 4 is 5.69 Å². The molecule has 0 aliphatic rings. The van der Waals surface area contributed by atoms with Crippen molar-refractivity contribution in [3.8, 4) is 44.5 Å². The van der Waals surface area contributed by atoms with E-state index in [1.165, 1.54) is 0 Å². The lowest BCUT2D eigenvalue weighted by Crippen LogP contribution is -2.22. The van der Waals surface area contributed by atoms with E-state index in [-0.39, 0.29) is 12.0 Å². The molecular formula is C42H34N4. The Morgan fingerprint density at radius 2 is 0.848 bits per heavy atom. The maximum absolute atomic E-state index is 7.38. The Balaban J connectivity index is 1.36. The molecule has 7 aromatic rings. The second-order valence-corrected chi connectivity index (χ2v) is 11.5. The van der Waals surface area contributed by atoms with Crippen molar-refractivity contribution in [2.75, 3.05) is 5.73 Å². The van der Waals surface area contributed by atoms with E-state index < -0.39 is 0 Å². The average molecular weight is 595 g/mol. The van der Waals surface area contributed by atoms with Crippen LogP contribution in [0.4, 0.5) is 5.69 Å². The van der Waals surface area contributed by atoms with Crippen molar-refractivity contribution in [1.29, 1.82) is 0 Å². The number of benzene rings is 5. The fraction of sp³-hybridized carbons (Fsp3) is 0.0476. The summed E-state index contributed by atoms with van der Waals surface area (Å²) in [6.45, 7) is 0. The highest BCUT2D eigenvalue weighted by molar-refractivity contribution is 5.77. The number of pyridine rings is 2. The summed E-state index contributed by atoms with van der Waals surface area (Å²) in [6.07, 6.45) is 7.29. The number of aromatic nitrogens is 2. The first-order chi connectivity index (χ1) is 22.6. The first kappa shape index (κ1) is 28.9. The molecule has 0 radical (unpaired) electrons. The number of rotatable bonds is 8. The summed E-state index contributed by atoms with van der Waals surface area (Å²) in [5.74, 6) is -0.181. The molecule has 1 unspecified atom stereocenters. The van der Waals surface area contributed by atoms with Crippen molar-refractivity contribution in [2.45, 2.75) is 12.0 Å². The number of nitrogen functional groups attached to an aromatic ring is 1. The first-order valence-electron chi connectivity index (χ1n) is 15.5. The molecule has 0 saturated heterocycles. The molecule has 4 nitrogen and oxygen atoms in total. The molecule has 7 rings (SSSR count). The molecule has 2 atom stereocenters. The lowest BCUT2D eigenvalue weighted by Gasteiger charge is -2.28. The van der Waals surface area contributed by atoms with Crippen molar-refractivity contribution < 1.29 is 0 Å². The van der Waals surface area contributed by atoms with Crippen LogP contribution in [0.3, 0.4) is 0 Å². The van der Waals surface area contributed by atoms with Crippen molar-refractivity contribution in [1.82, 2.24) is 9.97 Å². The van der Waals surface area contributed by atoms with Gasteiger partial charge in [0, 0.05) is 42.4 Å². The maximum Gasteiger partial charge on any atom is 0.0406 e. The Labute approximate surface area is 270 Å². The summed E-state index contributed by atoms with van der Waals surface area (Å²) < 4.78 is 0. The molecule has 0 saturated carbocycles. The SMILES string of the molecule is Nc1ccc(-c2ccccc2)cc1C(c1ccccc1)[C@@H](N)c1cc(-c2ccncc2)cc(-c2ccc(-c3ccncc3)cc2)c1. The van der Waals surface area contributed by atoms with Gasteiger partial charge in [-0.3, -0.25) is 9.97 Å². The van der Waals surface area contributed by atoms with E-state index in [2.05, 4.69) is 113 Å². The van der Waals surface area contributed by atoms with Gasteiger partial charge in [0.25, 0.3) is 0 Å². The minimum atomic E-state index is -0.382. The summed E-state index contributed by atoms with van der Waals surface area (Å²) in [5.41, 5.74) is 26.9. The van der Waals surface area contributed by atoms with Gasteiger partial charge in [-0.05, 0) is 116 Å². The molecule has 0 fully saturated rings. The first-order valence-corrected chi connectivity index (χ1v) is 15.5. The van der Waals surface area contributed by atoms with E-state index >= 15 is 0 Å². The van der Waals surface area contributed by atoms with Gasteiger partial charge in [-0.2, -0.15) is 0 Å². The van der Waals surface area contributed by atoms with Gasteiger partial charge in [0.15, 0.2) is 0 Å². The zero-order valence-corrected chi connectivity index (χ0v) is 25.4. The third-order valence-electron chi connectivity index (χ3n) is 8.63. The summed E-state index contributed by atoms with van der Waals surface area (Å²) in [4.78, 5) is 8.41. The van der Waals surface area contributed by atoms with Crippen LogP contribution in [0.5, 0.6) is 0 Å². The lowest BCUT2D eigenvalue weighted by molar-refractivity contribution is 0.631. The Bertz CT molecular complexity index is 2040. The van der Waals surface area contributed by atoms with E-state index in [0.29, 0.717) is 0 Å². The minimum absolute atomic E-state index is 0.181. The van der Waals surface area contributed by atoms with Crippen LogP contribution in [0.15, 0.2) is 170 Å². The quantitative estimate of drug-likeness (QED) is 0.172. The van der Waals surface area contributed by atoms with Gasteiger partial charge >= 0.3 is 0 Å². The Hall–Kier alpha value is -5.84. The van der Waals surface area contributed by atoms with Crippen molar-refractivity contribution in [2.24, 2.45) is 5.73 Å². The molecule has 2 aromatic heterocycles. The van der Waals surface area contributed by atoms with Gasteiger partial charge in [0.2, 0.25) is 0 Å². The van der Waals surface area contributed by atoms with Crippen LogP contribution in [0.2, 0.25) is 0 Å². The predicted molar refractivity (Wildman–Crippen MR) is 190 cm³/mol. The van der Waals surface area contributed by atoms with Crippen LogP contribution in [-0.4, -0.2) is 9.97 Å². The van der Waals surface area contributed by atoms with Crippen LogP contribution in [0.1, 0.15) is 28.7 Å². The largest absolute Gasteiger partial charge is 0.398 e. The van der Waals surface area contributed by atoms with Crippen LogP contribution < -0.4 is 11.5 Å². The monoisotopic (exact) mass is 594 g/mol. The zero-order chi connectivity index (χ0) is 31.3. The topological polar surface area (TPSA) is 77.8 Å². The van der Waals surface area contributed by atoms with Crippen LogP contribution in [0, 0.1) is 0 Å². The van der Waals surface area contributed by atoms with Gasteiger partial charge in [0.1, 0.15) is 0 Å². The zero-order valence-electron chi connectivity index (χ0n) is 25.4. The molecule has 0 amide bonds. The normalized spacial score (nSPS) is 12.4. The second kappa shape index (κ2) is 13.0. The highest BCUT2D eigenvalue weighted by Gasteiger charge is 2.27. The number of nitrogens with zero attached hydrogens (tertiary/aromatic N) is 2. The molecule has 222 valence electrons. The van der Waals surface area contributed by atoms with Gasteiger partial charge in [-0.15, -0.1) is 0 Å². The van der Waals surface area contributed by atoms with Crippen molar-refractivity contribution in [3.63, 3.8) is 0 Å². The summed E-state index contributed by atoms with van der Waals surface area (Å²) in [7, 11) is 0. The van der Waals surface area contributed by atoms with Gasteiger partial charge < -0.3 is 11.5 Å². The van der Waals surface area contributed by atoms with Gasteiger partial charge in [-0.1, -0.05) is 91.0 Å². The summed E-state index contributed by atoms with van der Waals surface area (Å²) >= 11 is 0. The molecule has 2 heterocycles. The summed E-state index contributed by atoms with van der Waals surface area (Å²) in [6, 6.07) is 50.2. The van der Waals surface area contributed by atoms with Crippen LogP contribution >= 0.6 is 0 Å². The molecule has 4 heteroatoms. The molecular weight excluding hydrogens is 560 g/mol.